The largest absolute Gasteiger partial charge is 0.463 e. The van der Waals surface area contributed by atoms with Crippen molar-refractivity contribution in [1.29, 1.82) is 0 Å². The summed E-state index contributed by atoms with van der Waals surface area (Å²) in [5, 5.41) is 4.88. The second-order valence-corrected chi connectivity index (χ2v) is 6.77. The number of nitrogens with one attached hydrogen (secondary N) is 1. The first-order valence-corrected chi connectivity index (χ1v) is 9.04. The molecule has 0 aliphatic rings. The number of rotatable bonds is 6. The number of carbonyl (C=O) groups excluding carboxylic acids is 2. The van der Waals surface area contributed by atoms with Crippen LogP contribution < -0.4 is 11.1 Å². The average molecular weight is 381 g/mol. The lowest BCUT2D eigenvalue weighted by atomic mass is 10.2. The summed E-state index contributed by atoms with van der Waals surface area (Å²) in [7, 11) is 0. The third kappa shape index (κ3) is 3.32. The van der Waals surface area contributed by atoms with E-state index >= 15 is 0 Å². The number of aromatic nitrogens is 3. The zero-order chi connectivity index (χ0) is 18.8. The number of thiophene rings is 1. The van der Waals surface area contributed by atoms with E-state index in [0.717, 1.165) is 6.42 Å². The number of primary amides is 1. The second kappa shape index (κ2) is 7.04. The van der Waals surface area contributed by atoms with Gasteiger partial charge < -0.3 is 15.5 Å². The Bertz CT molecular complexity index is 1100. The molecular weight excluding hydrogens is 366 g/mol. The van der Waals surface area contributed by atoms with E-state index in [0.29, 0.717) is 18.0 Å². The maximum Gasteiger partial charge on any atom is 0.271 e. The summed E-state index contributed by atoms with van der Waals surface area (Å²) in [5.41, 5.74) is 6.29. The molecule has 0 radical (unpaired) electrons. The molecule has 0 atom stereocenters. The van der Waals surface area contributed by atoms with Crippen molar-refractivity contribution in [3.05, 3.63) is 64.6 Å². The van der Waals surface area contributed by atoms with E-state index in [1.165, 1.54) is 21.9 Å². The van der Waals surface area contributed by atoms with Gasteiger partial charge >= 0.3 is 0 Å². The summed E-state index contributed by atoms with van der Waals surface area (Å²) < 4.78 is 6.82. The lowest BCUT2D eigenvalue weighted by molar-refractivity contribution is 0.0946. The number of imidazole rings is 1. The third-order valence-electron chi connectivity index (χ3n) is 3.98. The molecule has 0 fully saturated rings. The number of fused-ring (bicyclic) bond motifs is 1. The molecule has 4 aromatic heterocycles. The molecule has 0 aliphatic heterocycles. The lowest BCUT2D eigenvalue weighted by Crippen LogP contribution is -2.27. The highest BCUT2D eigenvalue weighted by molar-refractivity contribution is 7.09. The van der Waals surface area contributed by atoms with Crippen molar-refractivity contribution in [2.75, 3.05) is 6.54 Å². The number of nitrogens with two attached hydrogens (primary N) is 1. The predicted molar refractivity (Wildman–Crippen MR) is 99.6 cm³/mol. The summed E-state index contributed by atoms with van der Waals surface area (Å²) in [5.74, 6) is -0.549. The molecule has 2 amide bonds. The topological polar surface area (TPSA) is 116 Å². The van der Waals surface area contributed by atoms with E-state index in [-0.39, 0.29) is 22.9 Å². The van der Waals surface area contributed by atoms with Crippen molar-refractivity contribution >= 4 is 28.8 Å². The van der Waals surface area contributed by atoms with Crippen LogP contribution in [0.2, 0.25) is 0 Å². The van der Waals surface area contributed by atoms with Gasteiger partial charge in [0.25, 0.3) is 11.8 Å². The standard InChI is InChI=1S/C18H15N5O3S/c19-16(24)15-17-22-12(14-4-1-7-26-14)9-13(23(17)10-21-15)18(25)20-6-5-11-3-2-8-27-11/h1-4,7-10H,5-6H2,(H2,19,24)(H,20,25). The molecule has 4 aromatic rings. The van der Waals surface area contributed by atoms with Gasteiger partial charge in [0.1, 0.15) is 17.7 Å². The minimum atomic E-state index is -0.717. The van der Waals surface area contributed by atoms with E-state index < -0.39 is 5.91 Å². The molecular formula is C18H15N5O3S. The van der Waals surface area contributed by atoms with Crippen LogP contribution in [-0.4, -0.2) is 32.7 Å². The minimum Gasteiger partial charge on any atom is -0.463 e. The van der Waals surface area contributed by atoms with Crippen molar-refractivity contribution in [2.45, 2.75) is 6.42 Å². The van der Waals surface area contributed by atoms with Crippen LogP contribution in [0.15, 0.2) is 52.7 Å². The maximum atomic E-state index is 12.8. The molecule has 4 rings (SSSR count). The molecule has 3 N–H and O–H groups in total. The number of carbonyl (C=O) groups is 2. The molecule has 27 heavy (non-hydrogen) atoms. The molecule has 0 saturated heterocycles. The van der Waals surface area contributed by atoms with Crippen LogP contribution in [-0.2, 0) is 6.42 Å². The van der Waals surface area contributed by atoms with Crippen molar-refractivity contribution in [3.8, 4) is 11.5 Å². The van der Waals surface area contributed by atoms with Gasteiger partial charge in [0.2, 0.25) is 0 Å². The van der Waals surface area contributed by atoms with Crippen LogP contribution >= 0.6 is 11.3 Å². The SMILES string of the molecule is NC(=O)c1ncn2c(C(=O)NCCc3cccs3)cc(-c3ccco3)nc12. The zero-order valence-electron chi connectivity index (χ0n) is 14.1. The summed E-state index contributed by atoms with van der Waals surface area (Å²) in [6, 6.07) is 9.02. The molecule has 4 heterocycles. The van der Waals surface area contributed by atoms with E-state index in [4.69, 9.17) is 10.2 Å². The first-order valence-electron chi connectivity index (χ1n) is 8.16. The monoisotopic (exact) mass is 381 g/mol. The van der Waals surface area contributed by atoms with Crippen molar-refractivity contribution < 1.29 is 14.0 Å². The first kappa shape index (κ1) is 17.0. The van der Waals surface area contributed by atoms with E-state index in [2.05, 4.69) is 15.3 Å². The normalized spacial score (nSPS) is 11.0. The maximum absolute atomic E-state index is 12.8. The number of hydrogen-bond acceptors (Lipinski definition) is 6. The Labute approximate surface area is 157 Å². The quantitative estimate of drug-likeness (QED) is 0.531. The van der Waals surface area contributed by atoms with Gasteiger partial charge in [-0.2, -0.15) is 0 Å². The second-order valence-electron chi connectivity index (χ2n) is 5.74. The smallest absolute Gasteiger partial charge is 0.271 e. The van der Waals surface area contributed by atoms with E-state index in [1.807, 2.05) is 17.5 Å². The van der Waals surface area contributed by atoms with Crippen molar-refractivity contribution in [2.24, 2.45) is 5.73 Å². The van der Waals surface area contributed by atoms with Crippen molar-refractivity contribution in [1.82, 2.24) is 19.7 Å². The summed E-state index contributed by atoms with van der Waals surface area (Å²) in [6.07, 6.45) is 3.61. The number of hydrogen-bond donors (Lipinski definition) is 2. The molecule has 136 valence electrons. The molecule has 0 bridgehead atoms. The Morgan fingerprint density at radius 2 is 2.19 bits per heavy atom. The highest BCUT2D eigenvalue weighted by Crippen LogP contribution is 2.21. The van der Waals surface area contributed by atoms with Crippen LogP contribution in [0, 0.1) is 0 Å². The predicted octanol–water partition coefficient (Wildman–Crippen LogP) is 2.12. The molecule has 0 unspecified atom stereocenters. The fourth-order valence-electron chi connectivity index (χ4n) is 2.71. The molecule has 8 nitrogen and oxygen atoms in total. The summed E-state index contributed by atoms with van der Waals surface area (Å²) >= 11 is 1.64. The van der Waals surface area contributed by atoms with Gasteiger partial charge in [-0.15, -0.1) is 11.3 Å². The Hall–Kier alpha value is -3.46. The minimum absolute atomic E-state index is 0.00367. The van der Waals surface area contributed by atoms with Gasteiger partial charge in [0, 0.05) is 11.4 Å². The van der Waals surface area contributed by atoms with Gasteiger partial charge in [-0.1, -0.05) is 6.07 Å². The average Bonchev–Trinajstić information content (AvgIpc) is 3.40. The number of amides is 2. The Morgan fingerprint density at radius 3 is 2.89 bits per heavy atom. The van der Waals surface area contributed by atoms with Gasteiger partial charge in [-0.3, -0.25) is 14.0 Å². The Kier molecular flexibility index (Phi) is 4.43. The van der Waals surface area contributed by atoms with Crippen LogP contribution in [0.3, 0.4) is 0 Å². The summed E-state index contributed by atoms with van der Waals surface area (Å²) in [6.45, 7) is 0.483. The van der Waals surface area contributed by atoms with Crippen LogP contribution in [0.25, 0.3) is 17.1 Å². The zero-order valence-corrected chi connectivity index (χ0v) is 14.9. The van der Waals surface area contributed by atoms with Gasteiger partial charge in [-0.05, 0) is 36.1 Å². The van der Waals surface area contributed by atoms with Crippen LogP contribution in [0.4, 0.5) is 0 Å². The Balaban J connectivity index is 1.69. The van der Waals surface area contributed by atoms with Gasteiger partial charge in [0.15, 0.2) is 17.1 Å². The fourth-order valence-corrected chi connectivity index (χ4v) is 3.42. The third-order valence-corrected chi connectivity index (χ3v) is 4.91. The summed E-state index contributed by atoms with van der Waals surface area (Å²) in [4.78, 5) is 34.0. The molecule has 9 heteroatoms. The Morgan fingerprint density at radius 1 is 1.30 bits per heavy atom. The molecule has 0 saturated carbocycles. The number of furan rings is 1. The van der Waals surface area contributed by atoms with E-state index in [9.17, 15) is 9.59 Å². The highest BCUT2D eigenvalue weighted by atomic mass is 32.1. The van der Waals surface area contributed by atoms with Crippen molar-refractivity contribution in [3.63, 3.8) is 0 Å². The van der Waals surface area contributed by atoms with Crippen LogP contribution in [0.5, 0.6) is 0 Å². The van der Waals surface area contributed by atoms with Gasteiger partial charge in [-0.25, -0.2) is 9.97 Å². The molecule has 0 aliphatic carbocycles. The highest BCUT2D eigenvalue weighted by Gasteiger charge is 2.20. The van der Waals surface area contributed by atoms with Gasteiger partial charge in [0.05, 0.1) is 6.26 Å². The molecule has 0 aromatic carbocycles. The number of nitrogens with zero attached hydrogens (tertiary/aromatic N) is 3. The van der Waals surface area contributed by atoms with E-state index in [1.54, 1.807) is 29.5 Å². The lowest BCUT2D eigenvalue weighted by Gasteiger charge is -2.09. The molecule has 0 spiro atoms. The first-order chi connectivity index (χ1) is 13.1. The van der Waals surface area contributed by atoms with Crippen LogP contribution in [0.1, 0.15) is 25.9 Å². The fraction of sp³-hybridized carbons (Fsp3) is 0.111.